The molecule has 0 fully saturated rings. The first kappa shape index (κ1) is 19.7. The highest BCUT2D eigenvalue weighted by atomic mass is 16.5. The molecule has 0 aromatic heterocycles. The van der Waals surface area contributed by atoms with Crippen LogP contribution in [0.5, 0.6) is 11.5 Å². The summed E-state index contributed by atoms with van der Waals surface area (Å²) in [5.41, 5.74) is 3.14. The molecule has 3 rings (SSSR count). The Labute approximate surface area is 164 Å². The van der Waals surface area contributed by atoms with E-state index < -0.39 is 12.6 Å². The minimum Gasteiger partial charge on any atom is -0.490 e. The zero-order valence-corrected chi connectivity index (χ0v) is 15.9. The largest absolute Gasteiger partial charge is 0.490 e. The van der Waals surface area contributed by atoms with Gasteiger partial charge in [0.15, 0.2) is 18.1 Å². The molecule has 1 aliphatic rings. The second kappa shape index (κ2) is 9.26. The Morgan fingerprint density at radius 3 is 2.75 bits per heavy atom. The fourth-order valence-corrected chi connectivity index (χ4v) is 3.56. The molecular weight excluding hydrogens is 358 g/mol. The number of aliphatic carboxylic acids is 1. The first-order chi connectivity index (χ1) is 13.6. The SMILES string of the molecule is CCOc1cc(C(=O)NCC2CCCc3ccccc32)ccc1OCC(=O)O. The highest BCUT2D eigenvalue weighted by molar-refractivity contribution is 5.95. The van der Waals surface area contributed by atoms with Crippen LogP contribution < -0.4 is 14.8 Å². The summed E-state index contributed by atoms with van der Waals surface area (Å²) in [6.07, 6.45) is 3.28. The molecule has 1 amide bonds. The Balaban J connectivity index is 1.67. The Morgan fingerprint density at radius 1 is 1.14 bits per heavy atom. The van der Waals surface area contributed by atoms with Gasteiger partial charge in [0.05, 0.1) is 6.61 Å². The summed E-state index contributed by atoms with van der Waals surface area (Å²) in [6, 6.07) is 13.2. The van der Waals surface area contributed by atoms with Gasteiger partial charge in [-0.3, -0.25) is 4.79 Å². The maximum atomic E-state index is 12.6. The maximum Gasteiger partial charge on any atom is 0.341 e. The molecule has 1 unspecified atom stereocenters. The predicted octanol–water partition coefficient (Wildman–Crippen LogP) is 3.40. The van der Waals surface area contributed by atoms with Crippen LogP contribution in [0.15, 0.2) is 42.5 Å². The third-order valence-corrected chi connectivity index (χ3v) is 4.86. The lowest BCUT2D eigenvalue weighted by atomic mass is 9.83. The lowest BCUT2D eigenvalue weighted by molar-refractivity contribution is -0.139. The van der Waals surface area contributed by atoms with Crippen LogP contribution in [-0.4, -0.2) is 36.7 Å². The molecule has 2 aromatic rings. The van der Waals surface area contributed by atoms with Crippen molar-refractivity contribution < 1.29 is 24.2 Å². The molecule has 2 N–H and O–H groups in total. The maximum absolute atomic E-state index is 12.6. The number of rotatable bonds is 8. The molecular formula is C22H25NO5. The highest BCUT2D eigenvalue weighted by Crippen LogP contribution is 2.31. The molecule has 6 heteroatoms. The van der Waals surface area contributed by atoms with E-state index in [9.17, 15) is 9.59 Å². The number of benzene rings is 2. The number of nitrogens with one attached hydrogen (secondary N) is 1. The Bertz CT molecular complexity index is 849. The van der Waals surface area contributed by atoms with Crippen molar-refractivity contribution in [3.8, 4) is 11.5 Å². The van der Waals surface area contributed by atoms with Gasteiger partial charge in [-0.15, -0.1) is 0 Å². The normalized spacial score (nSPS) is 15.4. The van der Waals surface area contributed by atoms with E-state index in [0.29, 0.717) is 36.1 Å². The van der Waals surface area contributed by atoms with Crippen molar-refractivity contribution in [1.82, 2.24) is 5.32 Å². The monoisotopic (exact) mass is 383 g/mol. The predicted molar refractivity (Wildman–Crippen MR) is 105 cm³/mol. The number of carboxylic acids is 1. The van der Waals surface area contributed by atoms with Crippen molar-refractivity contribution in [2.75, 3.05) is 19.8 Å². The first-order valence-electron chi connectivity index (χ1n) is 9.56. The van der Waals surface area contributed by atoms with E-state index in [1.165, 1.54) is 11.1 Å². The van der Waals surface area contributed by atoms with Crippen LogP contribution in [0, 0.1) is 0 Å². The third kappa shape index (κ3) is 4.82. The lowest BCUT2D eigenvalue weighted by Gasteiger charge is -2.25. The van der Waals surface area contributed by atoms with Gasteiger partial charge in [-0.25, -0.2) is 4.79 Å². The van der Waals surface area contributed by atoms with Crippen molar-refractivity contribution in [2.45, 2.75) is 32.1 Å². The van der Waals surface area contributed by atoms with Gasteiger partial charge in [0, 0.05) is 18.0 Å². The molecule has 0 saturated heterocycles. The molecule has 1 aliphatic carbocycles. The topological polar surface area (TPSA) is 84.9 Å². The molecule has 2 aromatic carbocycles. The van der Waals surface area contributed by atoms with E-state index >= 15 is 0 Å². The van der Waals surface area contributed by atoms with Crippen LogP contribution in [-0.2, 0) is 11.2 Å². The molecule has 28 heavy (non-hydrogen) atoms. The van der Waals surface area contributed by atoms with Crippen molar-refractivity contribution in [3.63, 3.8) is 0 Å². The van der Waals surface area contributed by atoms with Crippen LogP contribution in [0.1, 0.15) is 47.2 Å². The van der Waals surface area contributed by atoms with Gasteiger partial charge in [0.2, 0.25) is 0 Å². The summed E-state index contributed by atoms with van der Waals surface area (Å²) >= 11 is 0. The number of amides is 1. The Hall–Kier alpha value is -3.02. The van der Waals surface area contributed by atoms with Gasteiger partial charge in [-0.2, -0.15) is 0 Å². The number of carbonyl (C=O) groups is 2. The summed E-state index contributed by atoms with van der Waals surface area (Å²) in [6.45, 7) is 2.31. The molecule has 0 radical (unpaired) electrons. The number of carbonyl (C=O) groups excluding carboxylic acids is 1. The van der Waals surface area contributed by atoms with Gasteiger partial charge in [0.1, 0.15) is 0 Å². The average Bonchev–Trinajstić information content (AvgIpc) is 2.71. The van der Waals surface area contributed by atoms with Crippen molar-refractivity contribution in [2.24, 2.45) is 0 Å². The van der Waals surface area contributed by atoms with Crippen LogP contribution >= 0.6 is 0 Å². The number of carboxylic acid groups (broad SMARTS) is 1. The molecule has 0 bridgehead atoms. The van der Waals surface area contributed by atoms with Gasteiger partial charge in [-0.05, 0) is 55.5 Å². The van der Waals surface area contributed by atoms with E-state index in [4.69, 9.17) is 14.6 Å². The van der Waals surface area contributed by atoms with Gasteiger partial charge < -0.3 is 19.9 Å². The van der Waals surface area contributed by atoms with Gasteiger partial charge >= 0.3 is 5.97 Å². The quantitative estimate of drug-likeness (QED) is 0.730. The second-order valence-corrected chi connectivity index (χ2v) is 6.77. The summed E-state index contributed by atoms with van der Waals surface area (Å²) in [5, 5.41) is 11.8. The van der Waals surface area contributed by atoms with Crippen LogP contribution in [0.25, 0.3) is 0 Å². The summed E-state index contributed by atoms with van der Waals surface area (Å²) < 4.78 is 10.7. The fourth-order valence-electron chi connectivity index (χ4n) is 3.56. The second-order valence-electron chi connectivity index (χ2n) is 6.77. The van der Waals surface area contributed by atoms with Gasteiger partial charge in [0.25, 0.3) is 5.91 Å². The molecule has 6 nitrogen and oxygen atoms in total. The molecule has 0 heterocycles. The summed E-state index contributed by atoms with van der Waals surface area (Å²) in [5.74, 6) is -0.273. The molecule has 0 aliphatic heterocycles. The Kier molecular flexibility index (Phi) is 6.53. The first-order valence-corrected chi connectivity index (χ1v) is 9.56. The van der Waals surface area contributed by atoms with Crippen LogP contribution in [0.4, 0.5) is 0 Å². The van der Waals surface area contributed by atoms with Gasteiger partial charge in [-0.1, -0.05) is 24.3 Å². The van der Waals surface area contributed by atoms with E-state index in [1.54, 1.807) is 18.2 Å². The fraction of sp³-hybridized carbons (Fsp3) is 0.364. The zero-order valence-electron chi connectivity index (χ0n) is 15.9. The van der Waals surface area contributed by atoms with E-state index in [-0.39, 0.29) is 5.91 Å². The highest BCUT2D eigenvalue weighted by Gasteiger charge is 2.21. The number of hydrogen-bond acceptors (Lipinski definition) is 4. The van der Waals surface area contributed by atoms with Crippen LogP contribution in [0.2, 0.25) is 0 Å². The molecule has 0 spiro atoms. The summed E-state index contributed by atoms with van der Waals surface area (Å²) in [7, 11) is 0. The third-order valence-electron chi connectivity index (χ3n) is 4.86. The molecule has 0 saturated carbocycles. The number of hydrogen-bond donors (Lipinski definition) is 2. The zero-order chi connectivity index (χ0) is 19.9. The lowest BCUT2D eigenvalue weighted by Crippen LogP contribution is -2.30. The van der Waals surface area contributed by atoms with E-state index in [2.05, 4.69) is 23.5 Å². The van der Waals surface area contributed by atoms with E-state index in [1.807, 2.05) is 13.0 Å². The minimum atomic E-state index is -1.07. The number of aryl methyl sites for hydroxylation is 1. The molecule has 148 valence electrons. The Morgan fingerprint density at radius 2 is 1.96 bits per heavy atom. The average molecular weight is 383 g/mol. The molecule has 1 atom stereocenters. The minimum absolute atomic E-state index is 0.186. The van der Waals surface area contributed by atoms with Crippen molar-refractivity contribution >= 4 is 11.9 Å². The standard InChI is InChI=1S/C22H25NO5/c1-2-27-20-12-16(10-11-19(20)28-14-21(24)25)22(26)23-13-17-8-5-7-15-6-3-4-9-18(15)17/h3-4,6,9-12,17H,2,5,7-8,13-14H2,1H3,(H,23,26)(H,24,25). The summed E-state index contributed by atoms with van der Waals surface area (Å²) in [4.78, 5) is 23.3. The smallest absolute Gasteiger partial charge is 0.341 e. The number of fused-ring (bicyclic) bond motifs is 1. The van der Waals surface area contributed by atoms with Crippen LogP contribution in [0.3, 0.4) is 0 Å². The van der Waals surface area contributed by atoms with E-state index in [0.717, 1.165) is 19.3 Å². The number of ether oxygens (including phenoxy) is 2. The van der Waals surface area contributed by atoms with Crippen molar-refractivity contribution in [1.29, 1.82) is 0 Å². The van der Waals surface area contributed by atoms with Crippen molar-refractivity contribution in [3.05, 3.63) is 59.2 Å².